The van der Waals surface area contributed by atoms with Crippen LogP contribution in [0.3, 0.4) is 0 Å². The van der Waals surface area contributed by atoms with Gasteiger partial charge in [0.2, 0.25) is 0 Å². The zero-order valence-electron chi connectivity index (χ0n) is 18.9. The van der Waals surface area contributed by atoms with E-state index in [2.05, 4.69) is 35.9 Å². The highest BCUT2D eigenvalue weighted by Crippen LogP contribution is 2.26. The molecule has 0 N–H and O–H groups in total. The van der Waals surface area contributed by atoms with Crippen molar-refractivity contribution in [3.8, 4) is 22.8 Å². The molecule has 4 rings (SSSR count). The summed E-state index contributed by atoms with van der Waals surface area (Å²) in [5.41, 5.74) is 4.31. The average Bonchev–Trinajstić information content (AvgIpc) is 2.81. The maximum Gasteiger partial charge on any atom is 0.273 e. The highest BCUT2D eigenvalue weighted by atomic mass is 79.9. The third-order valence-electron chi connectivity index (χ3n) is 5.08. The number of halogens is 1. The van der Waals surface area contributed by atoms with Gasteiger partial charge in [0.25, 0.3) is 5.56 Å². The lowest BCUT2D eigenvalue weighted by Gasteiger charge is -2.15. The smallest absolute Gasteiger partial charge is 0.273 e. The lowest BCUT2D eigenvalue weighted by atomic mass is 10.2. The van der Waals surface area contributed by atoms with E-state index in [1.807, 2.05) is 64.1 Å². The van der Waals surface area contributed by atoms with E-state index in [0.29, 0.717) is 27.3 Å². The fraction of sp³-hybridized carbons (Fsp3) is 0.240. The molecule has 0 radical (unpaired) electrons. The first-order valence-corrected chi connectivity index (χ1v) is 11.4. The van der Waals surface area contributed by atoms with E-state index in [-0.39, 0.29) is 18.1 Å². The molecule has 0 saturated heterocycles. The summed E-state index contributed by atoms with van der Waals surface area (Å²) in [4.78, 5) is 31.1. The Morgan fingerprint density at radius 3 is 2.55 bits per heavy atom. The van der Waals surface area contributed by atoms with Crippen LogP contribution >= 0.6 is 15.9 Å². The minimum Gasteiger partial charge on any atom is -0.486 e. The largest absolute Gasteiger partial charge is 0.486 e. The van der Waals surface area contributed by atoms with Crippen LogP contribution in [0.1, 0.15) is 42.7 Å². The lowest BCUT2D eigenvalue weighted by Crippen LogP contribution is -2.22. The number of pyridine rings is 3. The molecular formula is C25H24BrN5O2. The fourth-order valence-corrected chi connectivity index (χ4v) is 3.84. The first kappa shape index (κ1) is 22.8. The number of aryl methyl sites for hydroxylation is 2. The summed E-state index contributed by atoms with van der Waals surface area (Å²) in [6, 6.07) is 13.1. The van der Waals surface area contributed by atoms with Gasteiger partial charge in [-0.25, -0.2) is 9.97 Å². The van der Waals surface area contributed by atoms with Crippen molar-refractivity contribution in [3.05, 3.63) is 92.6 Å². The predicted molar refractivity (Wildman–Crippen MR) is 131 cm³/mol. The molecule has 0 unspecified atom stereocenters. The van der Waals surface area contributed by atoms with Crippen molar-refractivity contribution in [2.45, 2.75) is 40.2 Å². The zero-order chi connectivity index (χ0) is 23.5. The maximum absolute atomic E-state index is 13.2. The number of aromatic nitrogens is 5. The highest BCUT2D eigenvalue weighted by Gasteiger charge is 2.15. The topological polar surface area (TPSA) is 82.8 Å². The van der Waals surface area contributed by atoms with Crippen molar-refractivity contribution in [3.63, 3.8) is 0 Å². The summed E-state index contributed by atoms with van der Waals surface area (Å²) in [5, 5.41) is 0. The quantitative estimate of drug-likeness (QED) is 0.359. The highest BCUT2D eigenvalue weighted by molar-refractivity contribution is 9.10. The number of nitrogens with zero attached hydrogens (tertiary/aromatic N) is 5. The van der Waals surface area contributed by atoms with Crippen LogP contribution in [0, 0.1) is 13.8 Å². The van der Waals surface area contributed by atoms with E-state index >= 15 is 0 Å². The molecule has 8 heteroatoms. The summed E-state index contributed by atoms with van der Waals surface area (Å²) >= 11 is 3.42. The van der Waals surface area contributed by atoms with Crippen molar-refractivity contribution in [1.82, 2.24) is 24.5 Å². The molecule has 0 atom stereocenters. The molecule has 7 nitrogen and oxygen atoms in total. The normalized spacial score (nSPS) is 11.1. The molecule has 0 amide bonds. The van der Waals surface area contributed by atoms with Gasteiger partial charge in [0.1, 0.15) is 22.7 Å². The number of ether oxygens (including phenoxy) is 1. The van der Waals surface area contributed by atoms with E-state index in [9.17, 15) is 4.79 Å². The second-order valence-corrected chi connectivity index (χ2v) is 8.81. The number of hydrogen-bond acceptors (Lipinski definition) is 6. The van der Waals surface area contributed by atoms with Crippen molar-refractivity contribution in [2.75, 3.05) is 0 Å². The van der Waals surface area contributed by atoms with Crippen molar-refractivity contribution < 1.29 is 4.74 Å². The monoisotopic (exact) mass is 505 g/mol. The number of hydrogen-bond donors (Lipinski definition) is 0. The Hall–Kier alpha value is -3.39. The Kier molecular flexibility index (Phi) is 6.65. The first-order chi connectivity index (χ1) is 15.8. The standard InChI is InChI=1S/C25H24BrN5O2/c1-15(2)24-28-11-9-20(30-24)21-13-19(8-10-27-21)31-17(4)12-22(23(26)25(31)32)33-14-18-7-5-6-16(3)29-18/h5-13,15H,14H2,1-4H3. The molecule has 4 aromatic rings. The van der Waals surface area contributed by atoms with Crippen LogP contribution in [0.5, 0.6) is 5.75 Å². The van der Waals surface area contributed by atoms with Gasteiger partial charge in [-0.15, -0.1) is 0 Å². The molecule has 0 aliphatic carbocycles. The number of rotatable bonds is 6. The summed E-state index contributed by atoms with van der Waals surface area (Å²) in [5.74, 6) is 1.43. The van der Waals surface area contributed by atoms with Gasteiger partial charge >= 0.3 is 0 Å². The molecule has 0 aromatic carbocycles. The van der Waals surface area contributed by atoms with Gasteiger partial charge in [-0.2, -0.15) is 0 Å². The van der Waals surface area contributed by atoms with Crippen molar-refractivity contribution in [2.24, 2.45) is 0 Å². The van der Waals surface area contributed by atoms with Gasteiger partial charge in [-0.05, 0) is 60.1 Å². The van der Waals surface area contributed by atoms with E-state index in [1.165, 1.54) is 0 Å². The van der Waals surface area contributed by atoms with Gasteiger partial charge in [-0.1, -0.05) is 19.9 Å². The molecule has 0 spiro atoms. The predicted octanol–water partition coefficient (Wildman–Crippen LogP) is 5.17. The van der Waals surface area contributed by atoms with Crippen molar-refractivity contribution >= 4 is 15.9 Å². The van der Waals surface area contributed by atoms with Gasteiger partial charge in [0.05, 0.1) is 22.8 Å². The average molecular weight is 506 g/mol. The van der Waals surface area contributed by atoms with E-state index < -0.39 is 0 Å². The van der Waals surface area contributed by atoms with E-state index in [1.54, 1.807) is 23.0 Å². The molecule has 4 heterocycles. The Morgan fingerprint density at radius 2 is 1.79 bits per heavy atom. The minimum atomic E-state index is -0.218. The second kappa shape index (κ2) is 9.62. The SMILES string of the molecule is Cc1cccc(COc2cc(C)n(-c3ccnc(-c4ccnc(C(C)C)n4)c3)c(=O)c2Br)n1. The van der Waals surface area contributed by atoms with Crippen LogP contribution in [0.4, 0.5) is 0 Å². The Bertz CT molecular complexity index is 1370. The first-order valence-electron chi connectivity index (χ1n) is 10.6. The molecular weight excluding hydrogens is 482 g/mol. The second-order valence-electron chi connectivity index (χ2n) is 8.02. The molecule has 168 valence electrons. The van der Waals surface area contributed by atoms with Gasteiger partial charge < -0.3 is 4.74 Å². The maximum atomic E-state index is 13.2. The van der Waals surface area contributed by atoms with E-state index in [4.69, 9.17) is 4.74 Å². The summed E-state index contributed by atoms with van der Waals surface area (Å²) in [7, 11) is 0. The zero-order valence-corrected chi connectivity index (χ0v) is 20.5. The Balaban J connectivity index is 1.67. The van der Waals surface area contributed by atoms with Crippen LogP contribution in [-0.4, -0.2) is 24.5 Å². The summed E-state index contributed by atoms with van der Waals surface area (Å²) in [6.45, 7) is 8.16. The third-order valence-corrected chi connectivity index (χ3v) is 5.81. The molecule has 4 aromatic heterocycles. The van der Waals surface area contributed by atoms with Gasteiger partial charge in [0.15, 0.2) is 0 Å². The minimum absolute atomic E-state index is 0.205. The van der Waals surface area contributed by atoms with Gasteiger partial charge in [-0.3, -0.25) is 19.3 Å². The molecule has 0 aliphatic heterocycles. The fourth-order valence-electron chi connectivity index (χ4n) is 3.43. The molecule has 0 aliphatic rings. The lowest BCUT2D eigenvalue weighted by molar-refractivity contribution is 0.298. The van der Waals surface area contributed by atoms with Crippen LogP contribution < -0.4 is 10.3 Å². The molecule has 33 heavy (non-hydrogen) atoms. The van der Waals surface area contributed by atoms with Gasteiger partial charge in [0, 0.05) is 35.8 Å². The van der Waals surface area contributed by atoms with Crippen LogP contribution in [0.25, 0.3) is 17.1 Å². The molecule has 0 bridgehead atoms. The Labute approximate surface area is 200 Å². The molecule has 0 fully saturated rings. The van der Waals surface area contributed by atoms with Crippen molar-refractivity contribution in [1.29, 1.82) is 0 Å². The third kappa shape index (κ3) is 5.01. The summed E-state index contributed by atoms with van der Waals surface area (Å²) < 4.78 is 7.88. The Morgan fingerprint density at radius 1 is 1.00 bits per heavy atom. The molecule has 0 saturated carbocycles. The van der Waals surface area contributed by atoms with E-state index in [0.717, 1.165) is 22.9 Å². The van der Waals surface area contributed by atoms with Crippen LogP contribution in [-0.2, 0) is 6.61 Å². The van der Waals surface area contributed by atoms with Crippen LogP contribution in [0.2, 0.25) is 0 Å². The summed E-state index contributed by atoms with van der Waals surface area (Å²) in [6.07, 6.45) is 3.41. The van der Waals surface area contributed by atoms with Crippen LogP contribution in [0.15, 0.2) is 64.1 Å².